The number of nitrogens with one attached hydrogen (secondary N) is 2. The van der Waals surface area contributed by atoms with Crippen molar-refractivity contribution in [2.45, 2.75) is 27.7 Å². The Morgan fingerprint density at radius 3 is 2.34 bits per heavy atom. The number of carbonyl (C=O) groups is 4. The first-order chi connectivity index (χ1) is 19.5. The van der Waals surface area contributed by atoms with Crippen molar-refractivity contribution in [2.24, 2.45) is 0 Å². The molecule has 0 saturated carbocycles. The highest BCUT2D eigenvalue weighted by atomic mass is 35.5. The molecular formula is C30H27Cl2N3O6. The Balaban J connectivity index is 1.58. The zero-order valence-corrected chi connectivity index (χ0v) is 24.3. The van der Waals surface area contributed by atoms with Crippen LogP contribution in [0.2, 0.25) is 10.0 Å². The summed E-state index contributed by atoms with van der Waals surface area (Å²) in [7, 11) is 0. The molecule has 0 bridgehead atoms. The molecule has 9 nitrogen and oxygen atoms in total. The maximum absolute atomic E-state index is 13.3. The normalized spacial score (nSPS) is 14.2. The number of rotatable bonds is 8. The van der Waals surface area contributed by atoms with E-state index in [2.05, 4.69) is 10.6 Å². The maximum atomic E-state index is 13.3. The number of barbiturate groups is 1. The first kappa shape index (κ1) is 29.6. The summed E-state index contributed by atoms with van der Waals surface area (Å²) in [6, 6.07) is 12.4. The topological polar surface area (TPSA) is 114 Å². The van der Waals surface area contributed by atoms with Crippen molar-refractivity contribution >= 4 is 64.4 Å². The van der Waals surface area contributed by atoms with E-state index in [0.717, 1.165) is 21.6 Å². The zero-order chi connectivity index (χ0) is 29.8. The number of aryl methyl sites for hydroxylation is 3. The molecule has 0 unspecified atom stereocenters. The number of ether oxygens (including phenoxy) is 2. The summed E-state index contributed by atoms with van der Waals surface area (Å²) >= 11 is 12.6. The second-order valence-electron chi connectivity index (χ2n) is 9.29. The standard InChI is InChI=1S/C30H27Cl2N3O6/c1-5-40-25-13-19(12-24(32)27(25)41-15-26(36)33-20-8-6-17(3)23(31)14-20)11-22-28(37)34-30(39)35(29(22)38)21-9-7-16(2)18(4)10-21/h6-14H,5,15H2,1-4H3,(H,33,36)(H,34,37,39)/b22-11-. The van der Waals surface area contributed by atoms with Gasteiger partial charge in [0, 0.05) is 10.7 Å². The number of halogens is 2. The molecule has 212 valence electrons. The third-order valence-corrected chi connectivity index (χ3v) is 6.98. The number of nitrogens with zero attached hydrogens (tertiary/aromatic N) is 1. The molecule has 0 radical (unpaired) electrons. The van der Waals surface area contributed by atoms with Crippen LogP contribution in [0.5, 0.6) is 11.5 Å². The van der Waals surface area contributed by atoms with Gasteiger partial charge >= 0.3 is 6.03 Å². The van der Waals surface area contributed by atoms with Gasteiger partial charge in [0.05, 0.1) is 17.3 Å². The number of hydrogen-bond donors (Lipinski definition) is 2. The van der Waals surface area contributed by atoms with Crippen LogP contribution in [-0.4, -0.2) is 37.0 Å². The Kier molecular flexibility index (Phi) is 9.00. The van der Waals surface area contributed by atoms with Crippen molar-refractivity contribution in [3.63, 3.8) is 0 Å². The number of benzene rings is 3. The molecular weight excluding hydrogens is 569 g/mol. The molecule has 0 spiro atoms. The molecule has 1 fully saturated rings. The van der Waals surface area contributed by atoms with Crippen LogP contribution < -0.4 is 25.0 Å². The average molecular weight is 596 g/mol. The van der Waals surface area contributed by atoms with Crippen molar-refractivity contribution in [3.05, 3.63) is 86.4 Å². The van der Waals surface area contributed by atoms with Crippen LogP contribution in [0, 0.1) is 20.8 Å². The van der Waals surface area contributed by atoms with Gasteiger partial charge in [-0.2, -0.15) is 0 Å². The molecule has 1 aliphatic heterocycles. The van der Waals surface area contributed by atoms with Gasteiger partial charge in [0.25, 0.3) is 17.7 Å². The smallest absolute Gasteiger partial charge is 0.335 e. The van der Waals surface area contributed by atoms with Crippen LogP contribution in [0.15, 0.2) is 54.1 Å². The summed E-state index contributed by atoms with van der Waals surface area (Å²) in [4.78, 5) is 51.9. The van der Waals surface area contributed by atoms with Crippen molar-refractivity contribution in [2.75, 3.05) is 23.4 Å². The molecule has 3 aromatic rings. The van der Waals surface area contributed by atoms with E-state index in [9.17, 15) is 19.2 Å². The fourth-order valence-corrected chi connectivity index (χ4v) is 4.46. The van der Waals surface area contributed by atoms with Crippen molar-refractivity contribution in [3.8, 4) is 11.5 Å². The zero-order valence-electron chi connectivity index (χ0n) is 22.8. The van der Waals surface area contributed by atoms with Gasteiger partial charge in [-0.3, -0.25) is 19.7 Å². The number of amides is 5. The summed E-state index contributed by atoms with van der Waals surface area (Å²) in [6.45, 7) is 7.24. The maximum Gasteiger partial charge on any atom is 0.335 e. The van der Waals surface area contributed by atoms with Crippen LogP contribution in [0.25, 0.3) is 6.08 Å². The predicted octanol–water partition coefficient (Wildman–Crippen LogP) is 6.00. The highest BCUT2D eigenvalue weighted by Crippen LogP contribution is 2.38. The van der Waals surface area contributed by atoms with Gasteiger partial charge in [-0.25, -0.2) is 9.69 Å². The van der Waals surface area contributed by atoms with E-state index in [1.807, 2.05) is 20.8 Å². The number of carbonyl (C=O) groups excluding carboxylic acids is 4. The lowest BCUT2D eigenvalue weighted by Gasteiger charge is -2.27. The molecule has 5 amide bonds. The number of urea groups is 1. The van der Waals surface area contributed by atoms with Gasteiger partial charge in [0.15, 0.2) is 18.1 Å². The minimum absolute atomic E-state index is 0.0831. The molecule has 0 aromatic heterocycles. The SMILES string of the molecule is CCOc1cc(/C=C2/C(=O)NC(=O)N(c3ccc(C)c(C)c3)C2=O)cc(Cl)c1OCC(=O)Nc1ccc(C)c(Cl)c1. The third-order valence-electron chi connectivity index (χ3n) is 6.30. The average Bonchev–Trinajstić information content (AvgIpc) is 2.90. The van der Waals surface area contributed by atoms with Gasteiger partial charge in [0.2, 0.25) is 0 Å². The summed E-state index contributed by atoms with van der Waals surface area (Å²) < 4.78 is 11.4. The Bertz CT molecular complexity index is 1600. The Morgan fingerprint density at radius 2 is 1.66 bits per heavy atom. The van der Waals surface area contributed by atoms with Gasteiger partial charge < -0.3 is 14.8 Å². The molecule has 4 rings (SSSR count). The first-order valence-electron chi connectivity index (χ1n) is 12.6. The third kappa shape index (κ3) is 6.70. The minimum Gasteiger partial charge on any atom is -0.490 e. The van der Waals surface area contributed by atoms with Gasteiger partial charge in [-0.05, 0) is 92.4 Å². The van der Waals surface area contributed by atoms with Gasteiger partial charge in [-0.15, -0.1) is 0 Å². The largest absolute Gasteiger partial charge is 0.490 e. The van der Waals surface area contributed by atoms with Crippen LogP contribution in [0.4, 0.5) is 16.2 Å². The van der Waals surface area contributed by atoms with E-state index in [1.54, 1.807) is 43.3 Å². The molecule has 1 saturated heterocycles. The van der Waals surface area contributed by atoms with Crippen LogP contribution in [-0.2, 0) is 14.4 Å². The van der Waals surface area contributed by atoms with Crippen molar-refractivity contribution < 1.29 is 28.7 Å². The van der Waals surface area contributed by atoms with E-state index >= 15 is 0 Å². The van der Waals surface area contributed by atoms with Crippen LogP contribution in [0.3, 0.4) is 0 Å². The molecule has 41 heavy (non-hydrogen) atoms. The monoisotopic (exact) mass is 595 g/mol. The Hall–Kier alpha value is -4.34. The minimum atomic E-state index is -0.845. The number of hydrogen-bond acceptors (Lipinski definition) is 6. The van der Waals surface area contributed by atoms with Gasteiger partial charge in [0.1, 0.15) is 5.57 Å². The summed E-state index contributed by atoms with van der Waals surface area (Å²) in [5, 5.41) is 5.50. The molecule has 0 atom stereocenters. The summed E-state index contributed by atoms with van der Waals surface area (Å²) in [6.07, 6.45) is 1.31. The fraction of sp³-hybridized carbons (Fsp3) is 0.200. The van der Waals surface area contributed by atoms with Crippen LogP contribution >= 0.6 is 23.2 Å². The first-order valence-corrected chi connectivity index (χ1v) is 13.4. The fourth-order valence-electron chi connectivity index (χ4n) is 4.00. The summed E-state index contributed by atoms with van der Waals surface area (Å²) in [5.41, 5.74) is 3.66. The lowest BCUT2D eigenvalue weighted by molar-refractivity contribution is -0.122. The molecule has 1 heterocycles. The van der Waals surface area contributed by atoms with Crippen molar-refractivity contribution in [1.82, 2.24) is 5.32 Å². The summed E-state index contributed by atoms with van der Waals surface area (Å²) in [5.74, 6) is -1.77. The van der Waals surface area contributed by atoms with Gasteiger partial charge in [-0.1, -0.05) is 35.3 Å². The second kappa shape index (κ2) is 12.4. The number of imide groups is 2. The second-order valence-corrected chi connectivity index (χ2v) is 10.1. The Morgan fingerprint density at radius 1 is 0.927 bits per heavy atom. The molecule has 2 N–H and O–H groups in total. The number of anilines is 2. The highest BCUT2D eigenvalue weighted by molar-refractivity contribution is 6.39. The molecule has 11 heteroatoms. The molecule has 3 aromatic carbocycles. The highest BCUT2D eigenvalue weighted by Gasteiger charge is 2.37. The van der Waals surface area contributed by atoms with Crippen molar-refractivity contribution in [1.29, 1.82) is 0 Å². The predicted molar refractivity (Wildman–Crippen MR) is 158 cm³/mol. The lowest BCUT2D eigenvalue weighted by Crippen LogP contribution is -2.54. The van der Waals surface area contributed by atoms with E-state index in [0.29, 0.717) is 22.0 Å². The van der Waals surface area contributed by atoms with E-state index < -0.39 is 23.8 Å². The quantitative estimate of drug-likeness (QED) is 0.244. The van der Waals surface area contributed by atoms with E-state index in [4.69, 9.17) is 32.7 Å². The Labute approximate surface area is 247 Å². The molecule has 0 aliphatic carbocycles. The molecule has 1 aliphatic rings. The lowest BCUT2D eigenvalue weighted by atomic mass is 10.0. The van der Waals surface area contributed by atoms with E-state index in [1.165, 1.54) is 18.2 Å². The van der Waals surface area contributed by atoms with E-state index in [-0.39, 0.29) is 35.3 Å². The van der Waals surface area contributed by atoms with Crippen LogP contribution in [0.1, 0.15) is 29.2 Å².